The average Bonchev–Trinajstić information content (AvgIpc) is 3.22. The first kappa shape index (κ1) is 19.5. The van der Waals surface area contributed by atoms with E-state index in [0.29, 0.717) is 11.1 Å². The van der Waals surface area contributed by atoms with E-state index in [-0.39, 0.29) is 11.2 Å². The summed E-state index contributed by atoms with van der Waals surface area (Å²) >= 11 is 1.32. The molecule has 0 unspecified atom stereocenters. The highest BCUT2D eigenvalue weighted by Gasteiger charge is 2.27. The summed E-state index contributed by atoms with van der Waals surface area (Å²) in [5.74, 6) is 0.588. The van der Waals surface area contributed by atoms with Gasteiger partial charge in [0.25, 0.3) is 5.22 Å². The number of aromatic nitrogens is 2. The number of nitrogens with zero attached hydrogens (tertiary/aromatic N) is 4. The fraction of sp³-hybridized carbons (Fsp3) is 0.318. The predicted molar refractivity (Wildman–Crippen MR) is 115 cm³/mol. The van der Waals surface area contributed by atoms with Gasteiger partial charge in [0.1, 0.15) is 0 Å². The number of thioether (sulfide) groups is 1. The standard InChI is InChI=1S/C22H24N4O2S/c1-16-7-6-8-18(15-16)20-23-24-22(28-20)29-17(2)21(27)26-13-11-25(12-14-26)19-9-4-3-5-10-19/h3-10,15,17H,11-14H2,1-2H3/t17-/m0/s1. The van der Waals surface area contributed by atoms with Crippen molar-refractivity contribution >= 4 is 23.4 Å². The van der Waals surface area contributed by atoms with Gasteiger partial charge in [-0.25, -0.2) is 0 Å². The SMILES string of the molecule is Cc1cccc(-c2nnc(S[C@@H](C)C(=O)N3CCN(c4ccccc4)CC3)o2)c1. The largest absolute Gasteiger partial charge is 0.411 e. The Morgan fingerprint density at radius 2 is 1.79 bits per heavy atom. The van der Waals surface area contributed by atoms with Crippen LogP contribution in [0.1, 0.15) is 12.5 Å². The number of carbonyl (C=O) groups excluding carboxylic acids is 1. The average molecular weight is 409 g/mol. The third-order valence-corrected chi connectivity index (χ3v) is 5.93. The van der Waals surface area contributed by atoms with Gasteiger partial charge in [-0.05, 0) is 38.1 Å². The lowest BCUT2D eigenvalue weighted by Crippen LogP contribution is -2.50. The highest BCUT2D eigenvalue weighted by Crippen LogP contribution is 2.27. The van der Waals surface area contributed by atoms with Gasteiger partial charge in [0.15, 0.2) is 0 Å². The molecule has 1 amide bonds. The quantitative estimate of drug-likeness (QED) is 0.597. The van der Waals surface area contributed by atoms with E-state index in [9.17, 15) is 4.79 Å². The molecule has 1 aliphatic heterocycles. The van der Waals surface area contributed by atoms with E-state index in [1.54, 1.807) is 0 Å². The van der Waals surface area contributed by atoms with Crippen LogP contribution in [0.2, 0.25) is 0 Å². The lowest BCUT2D eigenvalue weighted by atomic mass is 10.1. The second-order valence-corrected chi connectivity index (χ2v) is 8.44. The molecule has 1 saturated heterocycles. The molecule has 0 N–H and O–H groups in total. The maximum Gasteiger partial charge on any atom is 0.277 e. The molecule has 2 heterocycles. The second kappa shape index (κ2) is 8.69. The molecule has 2 aromatic carbocycles. The van der Waals surface area contributed by atoms with Crippen LogP contribution in [0.15, 0.2) is 64.2 Å². The minimum Gasteiger partial charge on any atom is -0.411 e. The zero-order valence-electron chi connectivity index (χ0n) is 16.6. The third-order valence-electron chi connectivity index (χ3n) is 5.01. The van der Waals surface area contributed by atoms with Gasteiger partial charge in [-0.15, -0.1) is 10.2 Å². The van der Waals surface area contributed by atoms with E-state index in [0.717, 1.165) is 37.3 Å². The first-order valence-electron chi connectivity index (χ1n) is 9.76. The molecule has 4 rings (SSSR count). The summed E-state index contributed by atoms with van der Waals surface area (Å²) in [6.07, 6.45) is 0. The van der Waals surface area contributed by atoms with Crippen molar-refractivity contribution in [3.05, 3.63) is 60.2 Å². The first-order valence-corrected chi connectivity index (χ1v) is 10.6. The fourth-order valence-electron chi connectivity index (χ4n) is 3.43. The van der Waals surface area contributed by atoms with Crippen molar-refractivity contribution in [1.29, 1.82) is 0 Å². The number of anilines is 1. The number of para-hydroxylation sites is 1. The summed E-state index contributed by atoms with van der Waals surface area (Å²) in [6, 6.07) is 18.2. The first-order chi connectivity index (χ1) is 14.1. The van der Waals surface area contributed by atoms with Gasteiger partial charge in [0, 0.05) is 37.4 Å². The van der Waals surface area contributed by atoms with Gasteiger partial charge in [-0.3, -0.25) is 4.79 Å². The van der Waals surface area contributed by atoms with E-state index in [1.807, 2.05) is 61.2 Å². The Kier molecular flexibility index (Phi) is 5.85. The minimum absolute atomic E-state index is 0.109. The molecule has 1 fully saturated rings. The molecule has 7 heteroatoms. The van der Waals surface area contributed by atoms with Crippen LogP contribution in [0.5, 0.6) is 0 Å². The van der Waals surface area contributed by atoms with Crippen molar-refractivity contribution in [2.24, 2.45) is 0 Å². The third kappa shape index (κ3) is 4.62. The molecule has 0 saturated carbocycles. The van der Waals surface area contributed by atoms with Crippen molar-refractivity contribution in [3.63, 3.8) is 0 Å². The number of benzene rings is 2. The van der Waals surface area contributed by atoms with Crippen molar-refractivity contribution in [2.45, 2.75) is 24.3 Å². The lowest BCUT2D eigenvalue weighted by molar-refractivity contribution is -0.130. The van der Waals surface area contributed by atoms with E-state index < -0.39 is 0 Å². The monoisotopic (exact) mass is 408 g/mol. The van der Waals surface area contributed by atoms with Crippen LogP contribution in [0.25, 0.3) is 11.5 Å². The summed E-state index contributed by atoms with van der Waals surface area (Å²) in [6.45, 7) is 7.03. The maximum absolute atomic E-state index is 12.9. The molecule has 0 bridgehead atoms. The summed E-state index contributed by atoms with van der Waals surface area (Å²) in [4.78, 5) is 17.1. The minimum atomic E-state index is -0.274. The van der Waals surface area contributed by atoms with Gasteiger partial charge in [0.05, 0.1) is 5.25 Å². The fourth-order valence-corrected chi connectivity index (χ4v) is 4.20. The maximum atomic E-state index is 12.9. The van der Waals surface area contributed by atoms with E-state index in [4.69, 9.17) is 4.42 Å². The Morgan fingerprint density at radius 3 is 2.52 bits per heavy atom. The molecule has 150 valence electrons. The Hall–Kier alpha value is -2.80. The van der Waals surface area contributed by atoms with Crippen LogP contribution in [0.4, 0.5) is 5.69 Å². The van der Waals surface area contributed by atoms with Gasteiger partial charge >= 0.3 is 0 Å². The number of hydrogen-bond donors (Lipinski definition) is 0. The van der Waals surface area contributed by atoms with Gasteiger partial charge in [-0.1, -0.05) is 47.7 Å². The topological polar surface area (TPSA) is 62.5 Å². The van der Waals surface area contributed by atoms with E-state index in [1.165, 1.54) is 17.4 Å². The Morgan fingerprint density at radius 1 is 1.03 bits per heavy atom. The van der Waals surface area contributed by atoms with Crippen LogP contribution >= 0.6 is 11.8 Å². The zero-order chi connectivity index (χ0) is 20.2. The molecule has 1 atom stereocenters. The second-order valence-electron chi connectivity index (χ2n) is 7.15. The number of aryl methyl sites for hydroxylation is 1. The van der Waals surface area contributed by atoms with Crippen molar-refractivity contribution < 1.29 is 9.21 Å². The normalized spacial score (nSPS) is 15.4. The number of amides is 1. The number of carbonyl (C=O) groups is 1. The number of rotatable bonds is 5. The van der Waals surface area contributed by atoms with E-state index in [2.05, 4.69) is 27.2 Å². The van der Waals surface area contributed by atoms with Gasteiger partial charge in [0.2, 0.25) is 11.8 Å². The molecule has 0 spiro atoms. The van der Waals surface area contributed by atoms with Crippen molar-refractivity contribution in [2.75, 3.05) is 31.1 Å². The number of piperazine rings is 1. The van der Waals surface area contributed by atoms with Crippen LogP contribution < -0.4 is 4.90 Å². The summed E-state index contributed by atoms with van der Waals surface area (Å²) in [5.41, 5.74) is 3.23. The number of hydrogen-bond acceptors (Lipinski definition) is 6. The molecule has 0 radical (unpaired) electrons. The predicted octanol–water partition coefficient (Wildman–Crippen LogP) is 3.87. The Balaban J connectivity index is 1.33. The smallest absolute Gasteiger partial charge is 0.277 e. The summed E-state index contributed by atoms with van der Waals surface area (Å²) < 4.78 is 5.77. The molecule has 1 aliphatic rings. The summed E-state index contributed by atoms with van der Waals surface area (Å²) in [5, 5.41) is 8.38. The van der Waals surface area contributed by atoms with Crippen molar-refractivity contribution in [3.8, 4) is 11.5 Å². The van der Waals surface area contributed by atoms with Crippen LogP contribution in [-0.2, 0) is 4.79 Å². The Bertz CT molecular complexity index is 968. The van der Waals surface area contributed by atoms with Gasteiger partial charge < -0.3 is 14.2 Å². The lowest BCUT2D eigenvalue weighted by Gasteiger charge is -2.37. The highest BCUT2D eigenvalue weighted by atomic mass is 32.2. The molecular weight excluding hydrogens is 384 g/mol. The molecule has 6 nitrogen and oxygen atoms in total. The van der Waals surface area contributed by atoms with Crippen molar-refractivity contribution in [1.82, 2.24) is 15.1 Å². The Labute approximate surface area is 174 Å². The van der Waals surface area contributed by atoms with Gasteiger partial charge in [-0.2, -0.15) is 0 Å². The molecule has 29 heavy (non-hydrogen) atoms. The highest BCUT2D eigenvalue weighted by molar-refractivity contribution is 8.00. The molecule has 3 aromatic rings. The summed E-state index contributed by atoms with van der Waals surface area (Å²) in [7, 11) is 0. The van der Waals surface area contributed by atoms with Crippen LogP contribution in [0, 0.1) is 6.92 Å². The van der Waals surface area contributed by atoms with Crippen LogP contribution in [0.3, 0.4) is 0 Å². The molecule has 0 aliphatic carbocycles. The van der Waals surface area contributed by atoms with E-state index >= 15 is 0 Å². The van der Waals surface area contributed by atoms with Crippen LogP contribution in [-0.4, -0.2) is 52.4 Å². The molecular formula is C22H24N4O2S. The zero-order valence-corrected chi connectivity index (χ0v) is 17.4. The molecule has 1 aromatic heterocycles.